The van der Waals surface area contributed by atoms with E-state index in [1.807, 2.05) is 6.07 Å². The van der Waals surface area contributed by atoms with Gasteiger partial charge >= 0.3 is 0 Å². The number of phenolic OH excluding ortho intramolecular Hbond substituents is 1. The molecule has 3 unspecified atom stereocenters. The fraction of sp³-hybridized carbons (Fsp3) is 0.650. The van der Waals surface area contributed by atoms with Crippen LogP contribution in [0.3, 0.4) is 0 Å². The second-order valence-corrected chi connectivity index (χ2v) is 9.42. The number of fused-ring (bicyclic) bond motifs is 1. The van der Waals surface area contributed by atoms with Crippen molar-refractivity contribution in [2.24, 2.45) is 5.92 Å². The highest BCUT2D eigenvalue weighted by Gasteiger charge is 2.93. The molecule has 4 aliphatic carbocycles. The van der Waals surface area contributed by atoms with Gasteiger partial charge < -0.3 is 19.8 Å². The van der Waals surface area contributed by atoms with Gasteiger partial charge in [0.05, 0.1) is 12.0 Å². The summed E-state index contributed by atoms with van der Waals surface area (Å²) in [6, 6.07) is 3.92. The first-order valence-corrected chi connectivity index (χ1v) is 9.64. The second-order valence-electron chi connectivity index (χ2n) is 9.42. The molecular weight excluding hydrogens is 318 g/mol. The van der Waals surface area contributed by atoms with Crippen LogP contribution in [0.15, 0.2) is 12.1 Å². The summed E-state index contributed by atoms with van der Waals surface area (Å²) in [5, 5.41) is 22.3. The van der Waals surface area contributed by atoms with Gasteiger partial charge in [-0.15, -0.1) is 0 Å². The van der Waals surface area contributed by atoms with Crippen LogP contribution in [0.4, 0.5) is 0 Å². The van der Waals surface area contributed by atoms with Crippen LogP contribution >= 0.6 is 0 Å². The normalized spacial score (nSPS) is 50.3. The van der Waals surface area contributed by atoms with Crippen LogP contribution in [0.2, 0.25) is 0 Å². The maximum Gasteiger partial charge on any atom is 0.174 e. The molecule has 25 heavy (non-hydrogen) atoms. The number of aromatic hydroxyl groups is 1. The van der Waals surface area contributed by atoms with Gasteiger partial charge in [-0.2, -0.15) is 0 Å². The molecule has 2 spiro atoms. The van der Waals surface area contributed by atoms with Crippen molar-refractivity contribution in [3.05, 3.63) is 23.3 Å². The Morgan fingerprint density at radius 2 is 2.16 bits per heavy atom. The third-order valence-electron chi connectivity index (χ3n) is 8.41. The second kappa shape index (κ2) is 3.60. The molecule has 2 heterocycles. The quantitative estimate of drug-likeness (QED) is 0.656. The fourth-order valence-corrected chi connectivity index (χ4v) is 7.43. The zero-order valence-electron chi connectivity index (χ0n) is 14.0. The van der Waals surface area contributed by atoms with E-state index >= 15 is 0 Å². The van der Waals surface area contributed by atoms with Crippen LogP contribution in [0, 0.1) is 5.92 Å². The van der Waals surface area contributed by atoms with E-state index in [1.54, 1.807) is 11.0 Å². The van der Waals surface area contributed by atoms with Gasteiger partial charge in [0.25, 0.3) is 0 Å². The number of aliphatic hydroxyl groups is 1. The largest absolute Gasteiger partial charge is 0.504 e. The SMILES string of the molecule is O=C1CC[C@@]2(O)[C@@H]3[NH+](CC4CC4)C34Cc3ccc(O)c5c3[C@@]2(C4)C1O5. The molecule has 3 N–H and O–H groups in total. The Kier molecular flexibility index (Phi) is 1.96. The van der Waals surface area contributed by atoms with Gasteiger partial charge in [0.15, 0.2) is 35.0 Å². The number of benzene rings is 1. The number of ether oxygens (including phenoxy) is 1. The first-order chi connectivity index (χ1) is 12.0. The molecule has 5 nitrogen and oxygen atoms in total. The summed E-state index contributed by atoms with van der Waals surface area (Å²) in [5.74, 6) is 1.49. The van der Waals surface area contributed by atoms with Gasteiger partial charge in [0, 0.05) is 30.7 Å². The monoisotopic (exact) mass is 340 g/mol. The van der Waals surface area contributed by atoms with E-state index in [2.05, 4.69) is 0 Å². The van der Waals surface area contributed by atoms with Crippen molar-refractivity contribution in [2.45, 2.75) is 67.2 Å². The average Bonchev–Trinajstić information content (AvgIpc) is 3.45. The van der Waals surface area contributed by atoms with E-state index in [0.29, 0.717) is 18.6 Å². The lowest BCUT2D eigenvalue weighted by Gasteiger charge is -2.48. The Labute approximate surface area is 145 Å². The number of carbonyl (C=O) groups excluding carboxylic acids is 1. The lowest BCUT2D eigenvalue weighted by Crippen LogP contribution is -3.03. The summed E-state index contributed by atoms with van der Waals surface area (Å²) in [6.45, 7) is 1.17. The summed E-state index contributed by atoms with van der Waals surface area (Å²) in [7, 11) is 0. The van der Waals surface area contributed by atoms with Crippen molar-refractivity contribution in [3.8, 4) is 11.5 Å². The Balaban J connectivity index is 1.49. The van der Waals surface area contributed by atoms with Crippen molar-refractivity contribution in [1.29, 1.82) is 0 Å². The minimum Gasteiger partial charge on any atom is -0.504 e. The van der Waals surface area contributed by atoms with Gasteiger partial charge in [0.1, 0.15) is 5.60 Å². The van der Waals surface area contributed by atoms with Crippen molar-refractivity contribution >= 4 is 5.78 Å². The van der Waals surface area contributed by atoms with E-state index in [0.717, 1.165) is 24.3 Å². The molecule has 6 atom stereocenters. The van der Waals surface area contributed by atoms with Crippen LogP contribution in [0.25, 0.3) is 0 Å². The number of piperidine rings is 1. The van der Waals surface area contributed by atoms with Crippen LogP contribution in [-0.2, 0) is 16.6 Å². The average molecular weight is 340 g/mol. The number of ketones is 1. The standard InChI is InChI=1S/C20H21NO4/c22-12-4-3-11-7-18-9-19-14(11)15(12)25-16(19)13(23)5-6-20(19,24)17(18)21(18)8-10-1-2-10/h3-4,10,16-17,22,24H,1-2,5-9H2/p+1/t16?,17-,18?,19+,20-,21?/m1/s1. The lowest BCUT2D eigenvalue weighted by atomic mass is 9.57. The molecule has 130 valence electrons. The van der Waals surface area contributed by atoms with E-state index < -0.39 is 17.1 Å². The Morgan fingerprint density at radius 1 is 1.32 bits per heavy atom. The topological polar surface area (TPSA) is 71.2 Å². The number of hydrogen-bond donors (Lipinski definition) is 3. The van der Waals surface area contributed by atoms with E-state index in [1.165, 1.54) is 24.9 Å². The highest BCUT2D eigenvalue weighted by atomic mass is 16.5. The third kappa shape index (κ3) is 1.19. The van der Waals surface area contributed by atoms with Gasteiger partial charge in [-0.1, -0.05) is 6.07 Å². The molecule has 1 aromatic rings. The van der Waals surface area contributed by atoms with Crippen molar-refractivity contribution < 1.29 is 24.6 Å². The molecule has 0 aromatic heterocycles. The number of carbonyl (C=O) groups is 1. The molecular formula is C20H22NO4+. The molecule has 2 bridgehead atoms. The number of rotatable bonds is 2. The molecule has 6 aliphatic rings. The minimum atomic E-state index is -0.875. The van der Waals surface area contributed by atoms with E-state index in [9.17, 15) is 15.0 Å². The molecule has 0 radical (unpaired) electrons. The fourth-order valence-electron chi connectivity index (χ4n) is 7.43. The summed E-state index contributed by atoms with van der Waals surface area (Å²) in [4.78, 5) is 14.3. The first kappa shape index (κ1) is 13.6. The molecule has 1 saturated heterocycles. The number of nitrogens with one attached hydrogen (secondary N) is 1. The summed E-state index contributed by atoms with van der Waals surface area (Å²) >= 11 is 0. The minimum absolute atomic E-state index is 0.0785. The lowest BCUT2D eigenvalue weighted by molar-refractivity contribution is -0.820. The number of phenols is 1. The first-order valence-electron chi connectivity index (χ1n) is 9.64. The highest BCUT2D eigenvalue weighted by Crippen LogP contribution is 2.70. The summed E-state index contributed by atoms with van der Waals surface area (Å²) in [5.41, 5.74) is 0.719. The van der Waals surface area contributed by atoms with E-state index in [-0.39, 0.29) is 23.1 Å². The van der Waals surface area contributed by atoms with Crippen LogP contribution in [0.5, 0.6) is 11.5 Å². The zero-order valence-corrected chi connectivity index (χ0v) is 14.0. The Hall–Kier alpha value is -1.59. The molecule has 7 rings (SSSR count). The van der Waals surface area contributed by atoms with Crippen LogP contribution in [0.1, 0.15) is 43.2 Å². The zero-order chi connectivity index (χ0) is 16.8. The molecule has 5 heteroatoms. The molecule has 2 aliphatic heterocycles. The predicted molar refractivity (Wildman–Crippen MR) is 86.8 cm³/mol. The van der Waals surface area contributed by atoms with Crippen molar-refractivity contribution in [3.63, 3.8) is 0 Å². The number of quaternary nitrogens is 1. The Morgan fingerprint density at radius 3 is 2.96 bits per heavy atom. The van der Waals surface area contributed by atoms with Gasteiger partial charge in [0.2, 0.25) is 0 Å². The summed E-state index contributed by atoms with van der Waals surface area (Å²) in [6.07, 6.45) is 4.75. The maximum absolute atomic E-state index is 12.7. The number of likely N-dealkylation sites (tertiary alicyclic amines) is 1. The summed E-state index contributed by atoms with van der Waals surface area (Å²) < 4.78 is 6.06. The maximum atomic E-state index is 12.7. The Bertz CT molecular complexity index is 879. The smallest absolute Gasteiger partial charge is 0.174 e. The van der Waals surface area contributed by atoms with Crippen LogP contribution < -0.4 is 9.64 Å². The van der Waals surface area contributed by atoms with Crippen molar-refractivity contribution in [2.75, 3.05) is 6.54 Å². The van der Waals surface area contributed by atoms with Crippen LogP contribution in [-0.4, -0.2) is 45.8 Å². The third-order valence-corrected chi connectivity index (χ3v) is 8.41. The molecule has 1 aromatic carbocycles. The molecule has 3 saturated carbocycles. The number of Topliss-reactive ketones (excluding diaryl/α,β-unsaturated/α-hetero) is 1. The van der Waals surface area contributed by atoms with Gasteiger partial charge in [-0.05, 0) is 30.9 Å². The number of hydrogen-bond acceptors (Lipinski definition) is 4. The molecule has 0 amide bonds. The van der Waals surface area contributed by atoms with Crippen molar-refractivity contribution in [1.82, 2.24) is 0 Å². The molecule has 4 fully saturated rings. The van der Waals surface area contributed by atoms with E-state index in [4.69, 9.17) is 4.74 Å². The van der Waals surface area contributed by atoms with Gasteiger partial charge in [-0.3, -0.25) is 4.79 Å². The predicted octanol–water partition coefficient (Wildman–Crippen LogP) is -0.139. The highest BCUT2D eigenvalue weighted by molar-refractivity contribution is 5.90. The van der Waals surface area contributed by atoms with Gasteiger partial charge in [-0.25, -0.2) is 0 Å².